The number of hydrogen-bond acceptors (Lipinski definition) is 5. The van der Waals surface area contributed by atoms with E-state index in [4.69, 9.17) is 4.52 Å². The maximum atomic E-state index is 12.0. The van der Waals surface area contributed by atoms with Gasteiger partial charge in [-0.15, -0.1) is 0 Å². The van der Waals surface area contributed by atoms with E-state index in [1.54, 1.807) is 11.1 Å². The van der Waals surface area contributed by atoms with Crippen LogP contribution in [0.2, 0.25) is 0 Å². The maximum Gasteiger partial charge on any atom is 0.258 e. The van der Waals surface area contributed by atoms with Gasteiger partial charge in [0.15, 0.2) is 0 Å². The van der Waals surface area contributed by atoms with Gasteiger partial charge in [0.1, 0.15) is 5.69 Å². The Balaban J connectivity index is 1.74. The van der Waals surface area contributed by atoms with E-state index >= 15 is 0 Å². The minimum absolute atomic E-state index is 0.00804. The molecule has 3 rings (SSSR count). The number of benzene rings is 1. The average molecular weight is 350 g/mol. The van der Waals surface area contributed by atoms with Crippen molar-refractivity contribution in [3.63, 3.8) is 0 Å². The van der Waals surface area contributed by atoms with Crippen LogP contribution in [0.1, 0.15) is 25.0 Å². The van der Waals surface area contributed by atoms with Crippen LogP contribution in [0.4, 0.5) is 0 Å². The van der Waals surface area contributed by atoms with Gasteiger partial charge in [-0.2, -0.15) is 4.98 Å². The van der Waals surface area contributed by atoms with Crippen molar-refractivity contribution in [2.45, 2.75) is 27.3 Å². The van der Waals surface area contributed by atoms with Crippen LogP contribution in [0.25, 0.3) is 23.0 Å². The zero-order chi connectivity index (χ0) is 18.7. The first-order valence-corrected chi connectivity index (χ1v) is 8.55. The summed E-state index contributed by atoms with van der Waals surface area (Å²) in [5.41, 5.74) is 3.65. The number of aromatic nitrogens is 3. The molecule has 0 aliphatic carbocycles. The number of hydrogen-bond donors (Lipinski definition) is 0. The minimum Gasteiger partial charge on any atom is -0.341 e. The van der Waals surface area contributed by atoms with Gasteiger partial charge in [0.2, 0.25) is 11.7 Å². The molecule has 2 aromatic heterocycles. The largest absolute Gasteiger partial charge is 0.341 e. The first kappa shape index (κ1) is 17.8. The van der Waals surface area contributed by atoms with E-state index < -0.39 is 0 Å². The lowest BCUT2D eigenvalue weighted by Gasteiger charge is -2.19. The smallest absolute Gasteiger partial charge is 0.258 e. The van der Waals surface area contributed by atoms with Crippen molar-refractivity contribution in [2.24, 2.45) is 5.92 Å². The molecular weight excluding hydrogens is 328 g/mol. The molecule has 0 atom stereocenters. The summed E-state index contributed by atoms with van der Waals surface area (Å²) >= 11 is 0. The zero-order valence-electron chi connectivity index (χ0n) is 15.4. The molecule has 1 aromatic carbocycles. The van der Waals surface area contributed by atoms with Gasteiger partial charge in [-0.25, -0.2) is 0 Å². The number of pyridine rings is 1. The molecular formula is C20H22N4O2. The third kappa shape index (κ3) is 3.96. The lowest BCUT2D eigenvalue weighted by atomic mass is 10.1. The lowest BCUT2D eigenvalue weighted by molar-refractivity contribution is -0.133. The second-order valence-electron chi connectivity index (χ2n) is 6.69. The third-order valence-electron chi connectivity index (χ3n) is 4.06. The van der Waals surface area contributed by atoms with E-state index in [2.05, 4.69) is 15.1 Å². The van der Waals surface area contributed by atoms with E-state index in [9.17, 15) is 4.79 Å². The highest BCUT2D eigenvalue weighted by molar-refractivity contribution is 5.77. The predicted octanol–water partition coefficient (Wildman–Crippen LogP) is 3.72. The highest BCUT2D eigenvalue weighted by atomic mass is 16.5. The molecule has 0 aliphatic heterocycles. The summed E-state index contributed by atoms with van der Waals surface area (Å²) in [7, 11) is 1.81. The molecule has 134 valence electrons. The Hall–Kier alpha value is -3.02. The SMILES string of the molecule is Cc1ccnc(-c2noc(-c3ccc(CN(C)C(=O)C(C)C)cc3)n2)c1. The van der Waals surface area contributed by atoms with Crippen molar-refractivity contribution in [2.75, 3.05) is 7.05 Å². The molecule has 3 aromatic rings. The molecule has 0 bridgehead atoms. The van der Waals surface area contributed by atoms with Crippen LogP contribution in [-0.2, 0) is 11.3 Å². The van der Waals surface area contributed by atoms with Crippen LogP contribution in [0.15, 0.2) is 47.1 Å². The van der Waals surface area contributed by atoms with E-state index in [0.717, 1.165) is 16.7 Å². The second kappa shape index (κ2) is 7.47. The number of aryl methyl sites for hydroxylation is 1. The first-order valence-electron chi connectivity index (χ1n) is 8.55. The molecule has 6 heteroatoms. The van der Waals surface area contributed by atoms with E-state index in [1.165, 1.54) is 0 Å². The fraction of sp³-hybridized carbons (Fsp3) is 0.300. The average Bonchev–Trinajstić information content (AvgIpc) is 3.11. The topological polar surface area (TPSA) is 72.1 Å². The van der Waals surface area contributed by atoms with Crippen LogP contribution in [0, 0.1) is 12.8 Å². The van der Waals surface area contributed by atoms with Crippen molar-refractivity contribution < 1.29 is 9.32 Å². The number of amides is 1. The molecule has 0 aliphatic rings. The lowest BCUT2D eigenvalue weighted by Crippen LogP contribution is -2.29. The number of carbonyl (C=O) groups excluding carboxylic acids is 1. The highest BCUT2D eigenvalue weighted by Gasteiger charge is 2.14. The Morgan fingerprint density at radius 2 is 1.92 bits per heavy atom. The minimum atomic E-state index is -0.00804. The predicted molar refractivity (Wildman–Crippen MR) is 99.0 cm³/mol. The van der Waals surface area contributed by atoms with Gasteiger partial charge in [-0.1, -0.05) is 31.1 Å². The number of carbonyl (C=O) groups is 1. The summed E-state index contributed by atoms with van der Waals surface area (Å²) in [6.45, 7) is 6.36. The number of nitrogens with zero attached hydrogens (tertiary/aromatic N) is 4. The zero-order valence-corrected chi connectivity index (χ0v) is 15.4. The molecule has 2 heterocycles. The summed E-state index contributed by atoms with van der Waals surface area (Å²) in [4.78, 5) is 22.4. The van der Waals surface area contributed by atoms with Crippen molar-refractivity contribution in [3.8, 4) is 23.0 Å². The van der Waals surface area contributed by atoms with Crippen LogP contribution in [-0.4, -0.2) is 33.0 Å². The van der Waals surface area contributed by atoms with E-state index in [1.807, 2.05) is 64.2 Å². The summed E-state index contributed by atoms with van der Waals surface area (Å²) in [6.07, 6.45) is 1.73. The van der Waals surface area contributed by atoms with Crippen LogP contribution < -0.4 is 0 Å². The maximum absolute atomic E-state index is 12.0. The highest BCUT2D eigenvalue weighted by Crippen LogP contribution is 2.22. The van der Waals surface area contributed by atoms with Gasteiger partial charge in [0.25, 0.3) is 5.89 Å². The van der Waals surface area contributed by atoms with Gasteiger partial charge in [-0.3, -0.25) is 9.78 Å². The van der Waals surface area contributed by atoms with E-state index in [0.29, 0.717) is 24.0 Å². The number of rotatable bonds is 5. The molecule has 6 nitrogen and oxygen atoms in total. The molecule has 0 radical (unpaired) electrons. The van der Waals surface area contributed by atoms with Crippen molar-refractivity contribution in [1.29, 1.82) is 0 Å². The van der Waals surface area contributed by atoms with Crippen LogP contribution >= 0.6 is 0 Å². The van der Waals surface area contributed by atoms with Crippen molar-refractivity contribution in [1.82, 2.24) is 20.0 Å². The molecule has 26 heavy (non-hydrogen) atoms. The third-order valence-corrected chi connectivity index (χ3v) is 4.06. The Bertz CT molecular complexity index is 900. The molecule has 0 saturated carbocycles. The Kier molecular flexibility index (Phi) is 5.11. The second-order valence-corrected chi connectivity index (χ2v) is 6.69. The van der Waals surface area contributed by atoms with Crippen molar-refractivity contribution >= 4 is 5.91 Å². The molecule has 1 amide bonds. The van der Waals surface area contributed by atoms with Gasteiger partial charge >= 0.3 is 0 Å². The van der Waals surface area contributed by atoms with E-state index in [-0.39, 0.29) is 11.8 Å². The van der Waals surface area contributed by atoms with Crippen molar-refractivity contribution in [3.05, 3.63) is 53.7 Å². The molecule has 0 spiro atoms. The summed E-state index contributed by atoms with van der Waals surface area (Å²) in [5.74, 6) is 1.03. The standard InChI is InChI=1S/C20H22N4O2/c1-13(2)20(25)24(4)12-15-5-7-16(8-6-15)19-22-18(23-26-19)17-11-14(3)9-10-21-17/h5-11,13H,12H2,1-4H3. The van der Waals surface area contributed by atoms with Crippen LogP contribution in [0.5, 0.6) is 0 Å². The summed E-state index contributed by atoms with van der Waals surface area (Å²) < 4.78 is 5.37. The Morgan fingerprint density at radius 3 is 2.58 bits per heavy atom. The molecule has 0 saturated heterocycles. The van der Waals surface area contributed by atoms with Crippen LogP contribution in [0.3, 0.4) is 0 Å². The van der Waals surface area contributed by atoms with Gasteiger partial charge in [-0.05, 0) is 42.3 Å². The molecule has 0 fully saturated rings. The monoisotopic (exact) mass is 350 g/mol. The van der Waals surface area contributed by atoms with Gasteiger partial charge in [0.05, 0.1) is 0 Å². The quantitative estimate of drug-likeness (QED) is 0.701. The Morgan fingerprint density at radius 1 is 1.19 bits per heavy atom. The molecule has 0 N–H and O–H groups in total. The Labute approximate surface area is 152 Å². The fourth-order valence-electron chi connectivity index (χ4n) is 2.65. The van der Waals surface area contributed by atoms with Gasteiger partial charge in [0, 0.05) is 31.3 Å². The normalized spacial score (nSPS) is 11.0. The fourth-order valence-corrected chi connectivity index (χ4v) is 2.65. The first-order chi connectivity index (χ1) is 12.4. The van der Waals surface area contributed by atoms with Gasteiger partial charge < -0.3 is 9.42 Å². The summed E-state index contributed by atoms with van der Waals surface area (Å²) in [5, 5.41) is 4.02. The summed E-state index contributed by atoms with van der Waals surface area (Å²) in [6, 6.07) is 11.6. The molecule has 0 unspecified atom stereocenters.